The molecule has 0 saturated heterocycles. The Morgan fingerprint density at radius 1 is 1.38 bits per heavy atom. The Bertz CT molecular complexity index is 493. The van der Waals surface area contributed by atoms with Gasteiger partial charge in [-0.3, -0.25) is 13.9 Å². The van der Waals surface area contributed by atoms with Crippen LogP contribution >= 0.6 is 0 Å². The summed E-state index contributed by atoms with van der Waals surface area (Å²) in [5.74, 6) is 2.45. The van der Waals surface area contributed by atoms with E-state index >= 15 is 0 Å². The highest BCUT2D eigenvalue weighted by Crippen LogP contribution is 1.85. The third-order valence-corrected chi connectivity index (χ3v) is 2.22. The summed E-state index contributed by atoms with van der Waals surface area (Å²) >= 11 is 0. The van der Waals surface area contributed by atoms with Crippen LogP contribution in [0.15, 0.2) is 21.9 Å². The van der Waals surface area contributed by atoms with Crippen LogP contribution < -0.4 is 17.0 Å². The Hall–Kier alpha value is -1.80. The average molecular weight is 221 g/mol. The summed E-state index contributed by atoms with van der Waals surface area (Å²) in [7, 11) is 0. The topological polar surface area (TPSA) is 70.0 Å². The quantitative estimate of drug-likeness (QED) is 0.674. The smallest absolute Gasteiger partial charge is 0.330 e. The number of nitrogens with zero attached hydrogens (tertiary/aromatic N) is 2. The van der Waals surface area contributed by atoms with Gasteiger partial charge in [0.15, 0.2) is 0 Å². The van der Waals surface area contributed by atoms with Crippen LogP contribution in [-0.4, -0.2) is 15.7 Å². The lowest BCUT2D eigenvalue weighted by Crippen LogP contribution is -2.39. The number of terminal acetylenes is 1. The second-order valence-corrected chi connectivity index (χ2v) is 3.38. The van der Waals surface area contributed by atoms with Gasteiger partial charge in [-0.1, -0.05) is 0 Å². The molecule has 5 heteroatoms. The van der Waals surface area contributed by atoms with E-state index in [0.29, 0.717) is 32.5 Å². The zero-order chi connectivity index (χ0) is 12.0. The van der Waals surface area contributed by atoms with Crippen molar-refractivity contribution in [1.82, 2.24) is 9.13 Å². The minimum absolute atomic E-state index is 0.296. The number of hydrogen-bond donors (Lipinski definition) is 1. The first-order valence-corrected chi connectivity index (χ1v) is 5.14. The summed E-state index contributed by atoms with van der Waals surface area (Å²) in [6, 6.07) is 1.37. The molecule has 0 spiro atoms. The molecule has 5 nitrogen and oxygen atoms in total. The molecule has 1 heterocycles. The molecule has 0 aliphatic carbocycles. The van der Waals surface area contributed by atoms with Crippen LogP contribution in [0.2, 0.25) is 0 Å². The minimum atomic E-state index is -0.323. The van der Waals surface area contributed by atoms with Crippen LogP contribution in [0.5, 0.6) is 0 Å². The number of hydrogen-bond acceptors (Lipinski definition) is 3. The molecule has 16 heavy (non-hydrogen) atoms. The van der Waals surface area contributed by atoms with Gasteiger partial charge in [0, 0.05) is 31.8 Å². The molecule has 1 aromatic rings. The Kier molecular flexibility index (Phi) is 4.55. The number of aromatic nitrogens is 2. The van der Waals surface area contributed by atoms with Crippen LogP contribution in [0.1, 0.15) is 12.8 Å². The van der Waals surface area contributed by atoms with Gasteiger partial charge >= 0.3 is 5.69 Å². The van der Waals surface area contributed by atoms with Crippen LogP contribution in [0.4, 0.5) is 0 Å². The van der Waals surface area contributed by atoms with Crippen molar-refractivity contribution in [2.24, 2.45) is 5.73 Å². The Labute approximate surface area is 93.5 Å². The third kappa shape index (κ3) is 2.84. The van der Waals surface area contributed by atoms with Crippen molar-refractivity contribution in [3.8, 4) is 12.3 Å². The minimum Gasteiger partial charge on any atom is -0.330 e. The van der Waals surface area contributed by atoms with Gasteiger partial charge in [0.1, 0.15) is 0 Å². The molecule has 0 aliphatic heterocycles. The van der Waals surface area contributed by atoms with Gasteiger partial charge in [-0.05, 0) is 13.0 Å². The number of nitrogens with two attached hydrogens (primary N) is 1. The lowest BCUT2D eigenvalue weighted by molar-refractivity contribution is 0.541. The van der Waals surface area contributed by atoms with Gasteiger partial charge in [0.05, 0.1) is 0 Å². The molecule has 0 fully saturated rings. The van der Waals surface area contributed by atoms with Crippen LogP contribution in [0, 0.1) is 12.3 Å². The fourth-order valence-electron chi connectivity index (χ4n) is 1.37. The highest BCUT2D eigenvalue weighted by molar-refractivity contribution is 4.89. The van der Waals surface area contributed by atoms with Gasteiger partial charge in [-0.25, -0.2) is 4.79 Å². The first-order valence-electron chi connectivity index (χ1n) is 5.14. The average Bonchev–Trinajstić information content (AvgIpc) is 2.28. The zero-order valence-corrected chi connectivity index (χ0v) is 9.06. The van der Waals surface area contributed by atoms with E-state index < -0.39 is 0 Å². The maximum Gasteiger partial charge on any atom is 0.330 e. The molecular weight excluding hydrogens is 206 g/mol. The van der Waals surface area contributed by atoms with E-state index in [4.69, 9.17) is 12.2 Å². The summed E-state index contributed by atoms with van der Waals surface area (Å²) in [6.07, 6.45) is 7.67. The van der Waals surface area contributed by atoms with Crippen LogP contribution in [0.25, 0.3) is 0 Å². The third-order valence-electron chi connectivity index (χ3n) is 2.22. The van der Waals surface area contributed by atoms with E-state index in [1.165, 1.54) is 21.4 Å². The predicted octanol–water partition coefficient (Wildman–Crippen LogP) is -0.618. The normalized spacial score (nSPS) is 10.0. The van der Waals surface area contributed by atoms with Crippen molar-refractivity contribution < 1.29 is 0 Å². The van der Waals surface area contributed by atoms with Crippen molar-refractivity contribution >= 4 is 0 Å². The molecule has 1 aromatic heterocycles. The highest BCUT2D eigenvalue weighted by atomic mass is 16.2. The molecule has 86 valence electrons. The molecule has 0 aliphatic rings. The van der Waals surface area contributed by atoms with Crippen molar-refractivity contribution in [3.63, 3.8) is 0 Å². The second-order valence-electron chi connectivity index (χ2n) is 3.38. The maximum absolute atomic E-state index is 11.8. The molecule has 0 aromatic carbocycles. The fourth-order valence-corrected chi connectivity index (χ4v) is 1.37. The molecular formula is C11H15N3O2. The van der Waals surface area contributed by atoms with E-state index in [9.17, 15) is 9.59 Å². The molecule has 0 amide bonds. The van der Waals surface area contributed by atoms with Crippen LogP contribution in [-0.2, 0) is 13.1 Å². The van der Waals surface area contributed by atoms with Crippen molar-refractivity contribution in [3.05, 3.63) is 33.1 Å². The van der Waals surface area contributed by atoms with E-state index in [2.05, 4.69) is 5.92 Å². The Morgan fingerprint density at radius 3 is 2.75 bits per heavy atom. The van der Waals surface area contributed by atoms with Crippen LogP contribution in [0.3, 0.4) is 0 Å². The first kappa shape index (κ1) is 12.3. The lowest BCUT2D eigenvalue weighted by Gasteiger charge is -2.07. The SMILES string of the molecule is C#CCCn1ccc(=O)n(CCCN)c1=O. The van der Waals surface area contributed by atoms with E-state index in [1.807, 2.05) is 0 Å². The lowest BCUT2D eigenvalue weighted by atomic mass is 10.4. The van der Waals surface area contributed by atoms with Gasteiger partial charge in [0.2, 0.25) is 0 Å². The molecule has 0 radical (unpaired) electrons. The Balaban J connectivity index is 3.03. The zero-order valence-electron chi connectivity index (χ0n) is 9.06. The standard InChI is InChI=1S/C11H15N3O2/c1-2-3-7-13-9-5-10(15)14(11(13)16)8-4-6-12/h1,5,9H,3-4,6-8,12H2. The Morgan fingerprint density at radius 2 is 2.12 bits per heavy atom. The second kappa shape index (κ2) is 5.93. The largest absolute Gasteiger partial charge is 0.330 e. The van der Waals surface area contributed by atoms with Gasteiger partial charge in [-0.2, -0.15) is 0 Å². The summed E-state index contributed by atoms with van der Waals surface area (Å²) in [6.45, 7) is 1.23. The van der Waals surface area contributed by atoms with E-state index in [1.54, 1.807) is 0 Å². The van der Waals surface area contributed by atoms with Crippen molar-refractivity contribution in [2.75, 3.05) is 6.54 Å². The number of aryl methyl sites for hydroxylation is 1. The summed E-state index contributed by atoms with van der Waals surface area (Å²) in [5, 5.41) is 0. The molecule has 2 N–H and O–H groups in total. The molecule has 0 bridgehead atoms. The summed E-state index contributed by atoms with van der Waals surface area (Å²) in [4.78, 5) is 23.3. The monoisotopic (exact) mass is 221 g/mol. The summed E-state index contributed by atoms with van der Waals surface area (Å²) < 4.78 is 2.63. The molecule has 1 rings (SSSR count). The molecule has 0 atom stereocenters. The van der Waals surface area contributed by atoms with Gasteiger partial charge in [-0.15, -0.1) is 12.3 Å². The molecule has 0 unspecified atom stereocenters. The molecule has 0 saturated carbocycles. The number of rotatable bonds is 5. The predicted molar refractivity (Wildman–Crippen MR) is 62.1 cm³/mol. The fraction of sp³-hybridized carbons (Fsp3) is 0.455. The van der Waals surface area contributed by atoms with Crippen molar-refractivity contribution in [1.29, 1.82) is 0 Å². The van der Waals surface area contributed by atoms with Gasteiger partial charge in [0.25, 0.3) is 5.56 Å². The highest BCUT2D eigenvalue weighted by Gasteiger charge is 2.03. The van der Waals surface area contributed by atoms with E-state index in [-0.39, 0.29) is 11.2 Å². The first-order chi connectivity index (χ1) is 7.70. The summed E-state index contributed by atoms with van der Waals surface area (Å²) in [5.41, 5.74) is 4.73. The van der Waals surface area contributed by atoms with Gasteiger partial charge < -0.3 is 5.73 Å². The maximum atomic E-state index is 11.8. The van der Waals surface area contributed by atoms with E-state index in [0.717, 1.165) is 0 Å². The van der Waals surface area contributed by atoms with Crippen molar-refractivity contribution in [2.45, 2.75) is 25.9 Å².